The van der Waals surface area contributed by atoms with Gasteiger partial charge in [0.1, 0.15) is 18.0 Å². The van der Waals surface area contributed by atoms with Gasteiger partial charge in [0.2, 0.25) is 0 Å². The molecule has 132 valence electrons. The molecule has 0 unspecified atom stereocenters. The van der Waals surface area contributed by atoms with E-state index < -0.39 is 0 Å². The van der Waals surface area contributed by atoms with Gasteiger partial charge in [-0.25, -0.2) is 0 Å². The molecule has 2 aromatic carbocycles. The molecular weight excluding hydrogens is 314 g/mol. The zero-order valence-corrected chi connectivity index (χ0v) is 15.0. The van der Waals surface area contributed by atoms with Crippen LogP contribution in [0.1, 0.15) is 49.6 Å². The van der Waals surface area contributed by atoms with Crippen molar-refractivity contribution in [2.45, 2.75) is 44.4 Å². The van der Waals surface area contributed by atoms with Crippen molar-refractivity contribution in [1.29, 1.82) is 0 Å². The predicted octanol–water partition coefficient (Wildman–Crippen LogP) is 4.31. The van der Waals surface area contributed by atoms with Gasteiger partial charge in [-0.05, 0) is 34.7 Å². The van der Waals surface area contributed by atoms with Crippen molar-refractivity contribution in [2.24, 2.45) is 0 Å². The van der Waals surface area contributed by atoms with Crippen molar-refractivity contribution < 1.29 is 14.6 Å². The molecule has 4 nitrogen and oxygen atoms in total. The fourth-order valence-corrected chi connectivity index (χ4v) is 3.72. The summed E-state index contributed by atoms with van der Waals surface area (Å²) in [5, 5.41) is 13.5. The quantitative estimate of drug-likeness (QED) is 0.813. The van der Waals surface area contributed by atoms with Crippen molar-refractivity contribution in [3.8, 4) is 5.75 Å². The van der Waals surface area contributed by atoms with E-state index in [4.69, 9.17) is 9.47 Å². The number of hydrogen-bond acceptors (Lipinski definition) is 4. The maximum absolute atomic E-state index is 9.86. The lowest BCUT2D eigenvalue weighted by atomic mass is 9.82. The first-order chi connectivity index (χ1) is 11.9. The van der Waals surface area contributed by atoms with Gasteiger partial charge in [0.25, 0.3) is 0 Å². The highest BCUT2D eigenvalue weighted by Crippen LogP contribution is 2.45. The van der Waals surface area contributed by atoms with E-state index in [9.17, 15) is 5.11 Å². The van der Waals surface area contributed by atoms with Crippen LogP contribution in [-0.4, -0.2) is 24.4 Å². The summed E-state index contributed by atoms with van der Waals surface area (Å²) in [6, 6.07) is 13.9. The van der Waals surface area contributed by atoms with Crippen LogP contribution in [0.5, 0.6) is 5.75 Å². The topological polar surface area (TPSA) is 50.7 Å². The predicted molar refractivity (Wildman–Crippen MR) is 98.0 cm³/mol. The van der Waals surface area contributed by atoms with E-state index in [0.717, 1.165) is 16.8 Å². The molecule has 4 heteroatoms. The minimum absolute atomic E-state index is 0.0506. The van der Waals surface area contributed by atoms with Gasteiger partial charge < -0.3 is 19.9 Å². The van der Waals surface area contributed by atoms with Crippen LogP contribution in [0.2, 0.25) is 0 Å². The van der Waals surface area contributed by atoms with Gasteiger partial charge in [-0.1, -0.05) is 45.0 Å². The summed E-state index contributed by atoms with van der Waals surface area (Å²) < 4.78 is 12.2. The van der Waals surface area contributed by atoms with Crippen LogP contribution in [0.15, 0.2) is 42.5 Å². The monoisotopic (exact) mass is 339 g/mol. The number of anilines is 1. The second-order valence-electron chi connectivity index (χ2n) is 7.90. The van der Waals surface area contributed by atoms with Gasteiger partial charge in [-0.2, -0.15) is 0 Å². The zero-order chi connectivity index (χ0) is 17.6. The van der Waals surface area contributed by atoms with E-state index in [1.54, 1.807) is 12.1 Å². The maximum Gasteiger partial charge on any atom is 0.115 e. The Labute approximate surface area is 148 Å². The average Bonchev–Trinajstić information content (AvgIpc) is 2.60. The molecule has 25 heavy (non-hydrogen) atoms. The first kappa shape index (κ1) is 16.4. The lowest BCUT2D eigenvalue weighted by Crippen LogP contribution is -2.43. The van der Waals surface area contributed by atoms with Gasteiger partial charge >= 0.3 is 0 Å². The summed E-state index contributed by atoms with van der Waals surface area (Å²) in [6.07, 6.45) is -0.210. The highest BCUT2D eigenvalue weighted by atomic mass is 16.6. The Bertz CT molecular complexity index is 781. The molecule has 2 N–H and O–H groups in total. The Kier molecular flexibility index (Phi) is 3.97. The van der Waals surface area contributed by atoms with E-state index in [1.807, 2.05) is 12.1 Å². The largest absolute Gasteiger partial charge is 0.508 e. The number of phenolic OH excluding ortho intramolecular Hbond substituents is 1. The molecule has 0 bridgehead atoms. The normalized spacial score (nSPS) is 25.6. The van der Waals surface area contributed by atoms with E-state index >= 15 is 0 Å². The molecule has 4 rings (SSSR count). The molecule has 1 fully saturated rings. The first-order valence-corrected chi connectivity index (χ1v) is 8.86. The van der Waals surface area contributed by atoms with E-state index in [0.29, 0.717) is 13.2 Å². The van der Waals surface area contributed by atoms with E-state index in [2.05, 4.69) is 44.3 Å². The summed E-state index contributed by atoms with van der Waals surface area (Å²) >= 11 is 0. The molecule has 2 heterocycles. The average molecular weight is 339 g/mol. The van der Waals surface area contributed by atoms with Crippen LogP contribution in [-0.2, 0) is 14.9 Å². The molecule has 1 saturated heterocycles. The SMILES string of the molecule is CC(C)(C)c1ccc2c(c1)[C@@H]1OCCO[C@@H]1[C@@H](c1cccc(O)c1)N2. The Morgan fingerprint density at radius 2 is 1.84 bits per heavy atom. The number of aromatic hydroxyl groups is 1. The fourth-order valence-electron chi connectivity index (χ4n) is 3.72. The van der Waals surface area contributed by atoms with E-state index in [1.165, 1.54) is 5.56 Å². The van der Waals surface area contributed by atoms with Crippen LogP contribution in [0.4, 0.5) is 5.69 Å². The highest BCUT2D eigenvalue weighted by Gasteiger charge is 2.41. The second-order valence-corrected chi connectivity index (χ2v) is 7.90. The van der Waals surface area contributed by atoms with Crippen molar-refractivity contribution in [3.05, 3.63) is 59.2 Å². The highest BCUT2D eigenvalue weighted by molar-refractivity contribution is 5.59. The number of nitrogens with one attached hydrogen (secondary N) is 1. The lowest BCUT2D eigenvalue weighted by molar-refractivity contribution is -0.151. The Morgan fingerprint density at radius 1 is 1.04 bits per heavy atom. The van der Waals surface area contributed by atoms with Crippen molar-refractivity contribution in [1.82, 2.24) is 0 Å². The molecule has 2 aliphatic rings. The molecule has 3 atom stereocenters. The molecule has 0 radical (unpaired) electrons. The minimum Gasteiger partial charge on any atom is -0.508 e. The molecular formula is C21H25NO3. The summed E-state index contributed by atoms with van der Waals surface area (Å²) in [7, 11) is 0. The third-order valence-electron chi connectivity index (χ3n) is 5.08. The Morgan fingerprint density at radius 3 is 2.60 bits per heavy atom. The Hall–Kier alpha value is -2.04. The standard InChI is InChI=1S/C21H25NO3/c1-21(2,3)14-7-8-17-16(12-14)19-20(25-10-9-24-19)18(22-17)13-5-4-6-15(23)11-13/h4-8,11-12,18-20,22-23H,9-10H2,1-3H3/t18-,19+,20-/m1/s1. The van der Waals surface area contributed by atoms with Crippen molar-refractivity contribution in [2.75, 3.05) is 18.5 Å². The van der Waals surface area contributed by atoms with Crippen molar-refractivity contribution >= 4 is 5.69 Å². The number of ether oxygens (including phenoxy) is 2. The third kappa shape index (κ3) is 3.00. The molecule has 0 spiro atoms. The molecule has 2 aliphatic heterocycles. The summed E-state index contributed by atoms with van der Waals surface area (Å²) in [5.41, 5.74) is 4.62. The van der Waals surface area contributed by atoms with Gasteiger partial charge in [-0.15, -0.1) is 0 Å². The summed E-state index contributed by atoms with van der Waals surface area (Å²) in [5.74, 6) is 0.265. The third-order valence-corrected chi connectivity index (χ3v) is 5.08. The maximum atomic E-state index is 9.86. The number of benzene rings is 2. The first-order valence-electron chi connectivity index (χ1n) is 8.86. The fraction of sp³-hybridized carbons (Fsp3) is 0.429. The molecule has 0 amide bonds. The Balaban J connectivity index is 1.78. The number of hydrogen-bond donors (Lipinski definition) is 2. The van der Waals surface area contributed by atoms with Gasteiger partial charge in [0.15, 0.2) is 0 Å². The van der Waals surface area contributed by atoms with Crippen LogP contribution in [0, 0.1) is 0 Å². The molecule has 0 aliphatic carbocycles. The summed E-state index contributed by atoms with van der Waals surface area (Å²) in [6.45, 7) is 7.85. The summed E-state index contributed by atoms with van der Waals surface area (Å²) in [4.78, 5) is 0. The molecule has 0 saturated carbocycles. The van der Waals surface area contributed by atoms with Crippen molar-refractivity contribution in [3.63, 3.8) is 0 Å². The minimum atomic E-state index is -0.113. The number of fused-ring (bicyclic) bond motifs is 3. The van der Waals surface area contributed by atoms with Crippen LogP contribution < -0.4 is 5.32 Å². The van der Waals surface area contributed by atoms with Gasteiger partial charge in [0.05, 0.1) is 19.3 Å². The number of rotatable bonds is 1. The van der Waals surface area contributed by atoms with Crippen LogP contribution in [0.3, 0.4) is 0 Å². The lowest BCUT2D eigenvalue weighted by Gasteiger charge is -2.43. The van der Waals surface area contributed by atoms with Crippen LogP contribution in [0.25, 0.3) is 0 Å². The van der Waals surface area contributed by atoms with Gasteiger partial charge in [-0.3, -0.25) is 0 Å². The smallest absolute Gasteiger partial charge is 0.115 e. The van der Waals surface area contributed by atoms with E-state index in [-0.39, 0.29) is 29.4 Å². The van der Waals surface area contributed by atoms with Gasteiger partial charge in [0, 0.05) is 11.3 Å². The second kappa shape index (κ2) is 6.04. The molecule has 0 aromatic heterocycles. The van der Waals surface area contributed by atoms with Crippen LogP contribution >= 0.6 is 0 Å². The number of phenols is 1. The molecule has 2 aromatic rings. The zero-order valence-electron chi connectivity index (χ0n) is 15.0.